The number of carbonyl (C=O) groups excluding carboxylic acids is 1. The fourth-order valence-electron chi connectivity index (χ4n) is 3.50. The lowest BCUT2D eigenvalue weighted by atomic mass is 10.0. The van der Waals surface area contributed by atoms with Crippen LogP contribution in [0.2, 0.25) is 0 Å². The average molecular weight is 429 g/mol. The van der Waals surface area contributed by atoms with Crippen LogP contribution in [0.5, 0.6) is 0 Å². The lowest BCUT2D eigenvalue weighted by Crippen LogP contribution is -2.14. The highest BCUT2D eigenvalue weighted by atomic mass is 32.2. The maximum atomic E-state index is 11.5. The van der Waals surface area contributed by atoms with Crippen LogP contribution in [0.1, 0.15) is 23.1 Å². The van der Waals surface area contributed by atoms with E-state index in [4.69, 9.17) is 10.9 Å². The summed E-state index contributed by atoms with van der Waals surface area (Å²) in [6.07, 6.45) is 4.01. The maximum absolute atomic E-state index is 11.5. The number of nitrogens with zero attached hydrogens (tertiary/aromatic N) is 2. The second-order valence-corrected chi connectivity index (χ2v) is 9.40. The number of primary sulfonamides is 1. The summed E-state index contributed by atoms with van der Waals surface area (Å²) < 4.78 is 25.1. The van der Waals surface area contributed by atoms with E-state index in [2.05, 4.69) is 27.8 Å². The Bertz CT molecular complexity index is 1150. The van der Waals surface area contributed by atoms with Gasteiger partial charge in [-0.1, -0.05) is 18.2 Å². The predicted octanol–water partition coefficient (Wildman–Crippen LogP) is 1.86. The van der Waals surface area contributed by atoms with Crippen molar-refractivity contribution in [2.24, 2.45) is 10.9 Å². The van der Waals surface area contributed by atoms with Gasteiger partial charge in [-0.15, -0.1) is 0 Å². The second-order valence-electron chi connectivity index (χ2n) is 7.84. The van der Waals surface area contributed by atoms with Gasteiger partial charge in [0.2, 0.25) is 15.9 Å². The van der Waals surface area contributed by atoms with Gasteiger partial charge in [0.15, 0.2) is 0 Å². The number of rotatable bonds is 9. The average Bonchev–Trinajstić information content (AvgIpc) is 3.01. The molecule has 8 heteroatoms. The number of nitrogens with two attached hydrogens (primary N) is 2. The Kier molecular flexibility index (Phi) is 6.60. The van der Waals surface area contributed by atoms with Gasteiger partial charge in [-0.25, -0.2) is 13.6 Å². The van der Waals surface area contributed by atoms with Gasteiger partial charge in [-0.2, -0.15) is 0 Å². The van der Waals surface area contributed by atoms with Crippen LogP contribution in [-0.2, 0) is 34.2 Å². The van der Waals surface area contributed by atoms with E-state index in [1.54, 1.807) is 12.1 Å². The van der Waals surface area contributed by atoms with E-state index in [-0.39, 0.29) is 10.8 Å². The zero-order valence-corrected chi connectivity index (χ0v) is 18.2. The summed E-state index contributed by atoms with van der Waals surface area (Å²) in [7, 11) is 0.393. The predicted molar refractivity (Wildman–Crippen MR) is 119 cm³/mol. The van der Waals surface area contributed by atoms with Gasteiger partial charge in [0.25, 0.3) is 0 Å². The third-order valence-corrected chi connectivity index (χ3v) is 6.05. The van der Waals surface area contributed by atoms with E-state index in [1.165, 1.54) is 23.1 Å². The molecular weight excluding hydrogens is 400 g/mol. The molecule has 0 fully saturated rings. The zero-order valence-electron chi connectivity index (χ0n) is 17.3. The first-order chi connectivity index (χ1) is 14.1. The Morgan fingerprint density at radius 3 is 2.30 bits per heavy atom. The quantitative estimate of drug-likeness (QED) is 0.542. The molecule has 30 heavy (non-hydrogen) atoms. The van der Waals surface area contributed by atoms with E-state index in [9.17, 15) is 13.2 Å². The number of fused-ring (bicyclic) bond motifs is 1. The monoisotopic (exact) mass is 428 g/mol. The Balaban J connectivity index is 1.94. The Hall–Kier alpha value is -2.68. The first-order valence-electron chi connectivity index (χ1n) is 9.79. The summed E-state index contributed by atoms with van der Waals surface area (Å²) >= 11 is 0. The van der Waals surface area contributed by atoms with Crippen molar-refractivity contribution >= 4 is 26.8 Å². The van der Waals surface area contributed by atoms with Crippen LogP contribution >= 0.6 is 0 Å². The normalized spacial score (nSPS) is 12.0. The molecule has 3 rings (SSSR count). The number of carbonyl (C=O) groups is 1. The molecule has 0 saturated carbocycles. The molecular formula is C22H28N4O3S. The van der Waals surface area contributed by atoms with Gasteiger partial charge < -0.3 is 15.2 Å². The zero-order chi connectivity index (χ0) is 21.9. The fraction of sp³-hybridized carbons (Fsp3) is 0.318. The molecule has 0 spiro atoms. The summed E-state index contributed by atoms with van der Waals surface area (Å²) in [4.78, 5) is 13.4. The largest absolute Gasteiger partial charge is 0.370 e. The summed E-state index contributed by atoms with van der Waals surface area (Å²) in [5.74, 6) is -0.302. The Labute approximate surface area is 177 Å². The van der Waals surface area contributed by atoms with E-state index in [0.717, 1.165) is 29.6 Å². The highest BCUT2D eigenvalue weighted by Crippen LogP contribution is 2.25. The van der Waals surface area contributed by atoms with E-state index < -0.39 is 10.0 Å². The molecule has 0 bridgehead atoms. The van der Waals surface area contributed by atoms with E-state index in [0.29, 0.717) is 19.4 Å². The lowest BCUT2D eigenvalue weighted by Gasteiger charge is -2.08. The molecule has 0 saturated heterocycles. The van der Waals surface area contributed by atoms with Crippen molar-refractivity contribution < 1.29 is 13.2 Å². The molecule has 0 aliphatic heterocycles. The molecule has 1 heterocycles. The standard InChI is InChI=1S/C22H28N4O3S/c1-25(2)12-11-18-15-26(14-17-3-7-19(8-4-17)30(24,28)29)21-9-5-16(13-20(18)21)6-10-22(23)27/h3-5,7-9,13,15H,6,10-12,14H2,1-2H3,(H2,23,27)(H2,24,28,29). The summed E-state index contributed by atoms with van der Waals surface area (Å²) in [6, 6.07) is 12.9. The number of likely N-dealkylation sites (N-methyl/N-ethyl adjacent to an activating group) is 1. The SMILES string of the molecule is CN(C)CCc1cn(Cc2ccc(S(N)(=O)=O)cc2)c2ccc(CCC(N)=O)cc12. The van der Waals surface area contributed by atoms with Crippen LogP contribution in [0.25, 0.3) is 10.9 Å². The number of benzene rings is 2. The van der Waals surface area contributed by atoms with Crippen LogP contribution in [-0.4, -0.2) is 44.4 Å². The van der Waals surface area contributed by atoms with Crippen molar-refractivity contribution in [2.45, 2.75) is 30.7 Å². The molecule has 1 aromatic heterocycles. The van der Waals surface area contributed by atoms with Gasteiger partial charge in [0.1, 0.15) is 0 Å². The number of aromatic nitrogens is 1. The van der Waals surface area contributed by atoms with Crippen molar-refractivity contribution in [1.82, 2.24) is 9.47 Å². The van der Waals surface area contributed by atoms with Crippen molar-refractivity contribution in [2.75, 3.05) is 20.6 Å². The van der Waals surface area contributed by atoms with Crippen molar-refractivity contribution in [3.05, 3.63) is 65.4 Å². The highest BCUT2D eigenvalue weighted by Gasteiger charge is 2.12. The molecule has 160 valence electrons. The third kappa shape index (κ3) is 5.47. The minimum atomic E-state index is -3.70. The van der Waals surface area contributed by atoms with Gasteiger partial charge in [0, 0.05) is 36.6 Å². The number of aryl methyl sites for hydroxylation is 1. The summed E-state index contributed by atoms with van der Waals surface area (Å²) in [5, 5.41) is 6.35. The third-order valence-electron chi connectivity index (χ3n) is 5.12. The molecule has 1 amide bonds. The fourth-order valence-corrected chi connectivity index (χ4v) is 4.01. The minimum absolute atomic E-state index is 0.106. The minimum Gasteiger partial charge on any atom is -0.370 e. The number of sulfonamides is 1. The Morgan fingerprint density at radius 1 is 1.03 bits per heavy atom. The maximum Gasteiger partial charge on any atom is 0.238 e. The molecule has 0 unspecified atom stereocenters. The van der Waals surface area contributed by atoms with Crippen molar-refractivity contribution in [1.29, 1.82) is 0 Å². The molecule has 4 N–H and O–H groups in total. The molecule has 3 aromatic rings. The molecule has 2 aromatic carbocycles. The Morgan fingerprint density at radius 2 is 1.70 bits per heavy atom. The summed E-state index contributed by atoms with van der Waals surface area (Å²) in [5.41, 5.74) is 9.70. The van der Waals surface area contributed by atoms with Crippen LogP contribution < -0.4 is 10.9 Å². The molecule has 0 atom stereocenters. The van der Waals surface area contributed by atoms with Crippen LogP contribution in [0, 0.1) is 0 Å². The lowest BCUT2D eigenvalue weighted by molar-refractivity contribution is -0.117. The van der Waals surface area contributed by atoms with Crippen molar-refractivity contribution in [3.8, 4) is 0 Å². The van der Waals surface area contributed by atoms with Gasteiger partial charge in [0.05, 0.1) is 4.90 Å². The van der Waals surface area contributed by atoms with Gasteiger partial charge in [-0.3, -0.25) is 4.79 Å². The topological polar surface area (TPSA) is 111 Å². The number of hydrogen-bond donors (Lipinski definition) is 2. The summed E-state index contributed by atoms with van der Waals surface area (Å²) in [6.45, 7) is 1.54. The molecule has 0 aliphatic carbocycles. The first kappa shape index (κ1) is 22.0. The first-order valence-corrected chi connectivity index (χ1v) is 11.3. The molecule has 0 aliphatic rings. The number of hydrogen-bond acceptors (Lipinski definition) is 4. The number of amides is 1. The van der Waals surface area contributed by atoms with E-state index >= 15 is 0 Å². The highest BCUT2D eigenvalue weighted by molar-refractivity contribution is 7.89. The number of primary amides is 1. The molecule has 0 radical (unpaired) electrons. The second kappa shape index (κ2) is 8.99. The van der Waals surface area contributed by atoms with Gasteiger partial charge >= 0.3 is 0 Å². The van der Waals surface area contributed by atoms with E-state index in [1.807, 2.05) is 20.2 Å². The van der Waals surface area contributed by atoms with Crippen molar-refractivity contribution in [3.63, 3.8) is 0 Å². The van der Waals surface area contributed by atoms with Crippen LogP contribution in [0.15, 0.2) is 53.6 Å². The van der Waals surface area contributed by atoms with Crippen LogP contribution in [0.4, 0.5) is 0 Å². The smallest absolute Gasteiger partial charge is 0.238 e. The van der Waals surface area contributed by atoms with Gasteiger partial charge in [-0.05, 0) is 67.9 Å². The van der Waals surface area contributed by atoms with Crippen LogP contribution in [0.3, 0.4) is 0 Å². The molecule has 7 nitrogen and oxygen atoms in total.